The lowest BCUT2D eigenvalue weighted by Gasteiger charge is -2.09. The maximum absolute atomic E-state index is 11.7. The van der Waals surface area contributed by atoms with Crippen molar-refractivity contribution in [1.29, 1.82) is 0 Å². The minimum Gasteiger partial charge on any atom is -0.480 e. The third-order valence-electron chi connectivity index (χ3n) is 2.86. The van der Waals surface area contributed by atoms with Crippen molar-refractivity contribution in [3.05, 3.63) is 29.8 Å². The Labute approximate surface area is 129 Å². The fourth-order valence-corrected chi connectivity index (χ4v) is 3.25. The molecule has 1 aromatic carbocycles. The molecule has 124 valence electrons. The van der Waals surface area contributed by atoms with E-state index in [9.17, 15) is 21.6 Å². The molecule has 0 saturated heterocycles. The number of hydrogen-bond donors (Lipinski definition) is 3. The lowest BCUT2D eigenvalue weighted by molar-refractivity contribution is -0.138. The fourth-order valence-electron chi connectivity index (χ4n) is 1.53. The highest BCUT2D eigenvalue weighted by molar-refractivity contribution is 7.90. The summed E-state index contributed by atoms with van der Waals surface area (Å²) in [5.41, 5.74) is 5.82. The monoisotopic (exact) mass is 350 g/mol. The Morgan fingerprint density at radius 3 is 2.23 bits per heavy atom. The highest BCUT2D eigenvalue weighted by Gasteiger charge is 2.17. The largest absolute Gasteiger partial charge is 0.480 e. The normalized spacial score (nSPS) is 13.7. The molecule has 1 rings (SSSR count). The second kappa shape index (κ2) is 7.18. The van der Waals surface area contributed by atoms with Crippen molar-refractivity contribution in [1.82, 2.24) is 4.72 Å². The summed E-state index contributed by atoms with van der Waals surface area (Å²) in [6.07, 6.45) is 0.883. The number of benzene rings is 1. The highest BCUT2D eigenvalue weighted by Crippen LogP contribution is 2.10. The van der Waals surface area contributed by atoms with Crippen molar-refractivity contribution in [2.24, 2.45) is 5.73 Å². The van der Waals surface area contributed by atoms with Gasteiger partial charge in [-0.2, -0.15) is 0 Å². The summed E-state index contributed by atoms with van der Waals surface area (Å²) in [6, 6.07) is 4.55. The number of aliphatic carboxylic acids is 1. The van der Waals surface area contributed by atoms with Crippen molar-refractivity contribution in [3.8, 4) is 0 Å². The second-order valence-corrected chi connectivity index (χ2v) is 8.73. The van der Waals surface area contributed by atoms with E-state index in [1.807, 2.05) is 0 Å². The Hall–Kier alpha value is -1.49. The van der Waals surface area contributed by atoms with Crippen molar-refractivity contribution in [2.75, 3.05) is 12.0 Å². The zero-order valence-corrected chi connectivity index (χ0v) is 13.5. The summed E-state index contributed by atoms with van der Waals surface area (Å²) in [7, 11) is -6.96. The summed E-state index contributed by atoms with van der Waals surface area (Å²) in [5.74, 6) is -1.66. The molecule has 22 heavy (non-hydrogen) atoms. The van der Waals surface area contributed by atoms with Gasteiger partial charge < -0.3 is 10.8 Å². The Balaban J connectivity index is 2.60. The first kappa shape index (κ1) is 18.6. The van der Waals surface area contributed by atoms with E-state index in [0.29, 0.717) is 5.56 Å². The van der Waals surface area contributed by atoms with Crippen LogP contribution in [0.5, 0.6) is 0 Å². The Morgan fingerprint density at radius 2 is 1.77 bits per heavy atom. The molecule has 0 radical (unpaired) electrons. The van der Waals surface area contributed by atoms with E-state index in [1.165, 1.54) is 24.3 Å². The van der Waals surface area contributed by atoms with Crippen molar-refractivity contribution < 1.29 is 26.7 Å². The first-order valence-electron chi connectivity index (χ1n) is 6.26. The zero-order chi connectivity index (χ0) is 17.0. The third-order valence-corrected chi connectivity index (χ3v) is 5.35. The molecule has 0 saturated carbocycles. The summed E-state index contributed by atoms with van der Waals surface area (Å²) < 4.78 is 48.3. The number of nitrogens with two attached hydrogens (primary N) is 1. The van der Waals surface area contributed by atoms with Crippen LogP contribution in [0.25, 0.3) is 0 Å². The van der Waals surface area contributed by atoms with Gasteiger partial charge in [0, 0.05) is 12.8 Å². The van der Waals surface area contributed by atoms with Crippen molar-refractivity contribution >= 4 is 25.8 Å². The zero-order valence-electron chi connectivity index (χ0n) is 11.9. The number of carboxylic acid groups (broad SMARTS) is 1. The number of carboxylic acids is 1. The molecule has 0 aromatic heterocycles. The van der Waals surface area contributed by atoms with Gasteiger partial charge in [-0.3, -0.25) is 4.79 Å². The molecule has 1 unspecified atom stereocenters. The Kier molecular flexibility index (Phi) is 6.06. The van der Waals surface area contributed by atoms with Crippen LogP contribution < -0.4 is 10.5 Å². The molecule has 0 heterocycles. The Bertz CT molecular complexity index is 725. The van der Waals surface area contributed by atoms with E-state index in [-0.39, 0.29) is 17.9 Å². The van der Waals surface area contributed by atoms with E-state index >= 15 is 0 Å². The molecule has 1 atom stereocenters. The average Bonchev–Trinajstić information content (AvgIpc) is 2.42. The molecule has 1 aromatic rings. The van der Waals surface area contributed by atoms with Gasteiger partial charge in [0.25, 0.3) is 0 Å². The van der Waals surface area contributed by atoms with Crippen LogP contribution in [0, 0.1) is 0 Å². The first-order chi connectivity index (χ1) is 10.0. The summed E-state index contributed by atoms with van der Waals surface area (Å²) >= 11 is 0. The van der Waals surface area contributed by atoms with Gasteiger partial charge in [0.15, 0.2) is 9.84 Å². The number of carbonyl (C=O) groups is 1. The first-order valence-corrected chi connectivity index (χ1v) is 9.80. The van der Waals surface area contributed by atoms with Gasteiger partial charge in [-0.25, -0.2) is 21.6 Å². The molecule has 0 fully saturated rings. The van der Waals surface area contributed by atoms with Crippen LogP contribution in [0.2, 0.25) is 0 Å². The molecule has 0 aliphatic rings. The van der Waals surface area contributed by atoms with Gasteiger partial charge in [0.2, 0.25) is 10.0 Å². The summed E-state index contributed by atoms with van der Waals surface area (Å²) in [4.78, 5) is 10.7. The van der Waals surface area contributed by atoms with Gasteiger partial charge in [0.1, 0.15) is 6.04 Å². The van der Waals surface area contributed by atoms with Crippen LogP contribution in [0.1, 0.15) is 12.0 Å². The molecule has 0 amide bonds. The van der Waals surface area contributed by atoms with Crippen LogP contribution in [-0.4, -0.2) is 46.0 Å². The van der Waals surface area contributed by atoms with Gasteiger partial charge in [-0.05, 0) is 24.1 Å². The van der Waals surface area contributed by atoms with Crippen LogP contribution >= 0.6 is 0 Å². The fraction of sp³-hybridized carbons (Fsp3) is 0.417. The second-order valence-electron chi connectivity index (χ2n) is 4.79. The summed E-state index contributed by atoms with van der Waals surface area (Å²) in [5, 5.41) is 8.59. The molecule has 0 aliphatic heterocycles. The SMILES string of the molecule is CS(=O)(=O)c1ccc(CNS(=O)(=O)CCC(N)C(=O)O)cc1. The minimum atomic E-state index is -3.66. The van der Waals surface area contributed by atoms with Crippen molar-refractivity contribution in [3.63, 3.8) is 0 Å². The van der Waals surface area contributed by atoms with E-state index in [2.05, 4.69) is 4.72 Å². The number of sulfone groups is 1. The lowest BCUT2D eigenvalue weighted by atomic mass is 10.2. The summed E-state index contributed by atoms with van der Waals surface area (Å²) in [6.45, 7) is -0.0192. The molecule has 0 aliphatic carbocycles. The number of hydrogen-bond acceptors (Lipinski definition) is 6. The van der Waals surface area contributed by atoms with Gasteiger partial charge in [-0.15, -0.1) is 0 Å². The maximum atomic E-state index is 11.7. The molecule has 8 nitrogen and oxygen atoms in total. The number of rotatable bonds is 8. The van der Waals surface area contributed by atoms with Crippen molar-refractivity contribution in [2.45, 2.75) is 23.9 Å². The highest BCUT2D eigenvalue weighted by atomic mass is 32.2. The van der Waals surface area contributed by atoms with Gasteiger partial charge >= 0.3 is 5.97 Å². The lowest BCUT2D eigenvalue weighted by Crippen LogP contribution is -2.35. The predicted molar refractivity (Wildman–Crippen MR) is 80.4 cm³/mol. The molecule has 0 bridgehead atoms. The van der Waals surface area contributed by atoms with E-state index in [4.69, 9.17) is 10.8 Å². The van der Waals surface area contributed by atoms with Crippen LogP contribution in [0.4, 0.5) is 0 Å². The van der Waals surface area contributed by atoms with E-state index in [1.54, 1.807) is 0 Å². The molecular formula is C12H18N2O6S2. The topological polar surface area (TPSA) is 144 Å². The number of sulfonamides is 1. The molecule has 0 spiro atoms. The van der Waals surface area contributed by atoms with Gasteiger partial charge in [0.05, 0.1) is 10.6 Å². The number of nitrogens with one attached hydrogen (secondary N) is 1. The van der Waals surface area contributed by atoms with Crippen LogP contribution in [0.15, 0.2) is 29.2 Å². The smallest absolute Gasteiger partial charge is 0.320 e. The predicted octanol–water partition coefficient (Wildman–Crippen LogP) is -0.688. The van der Waals surface area contributed by atoms with Gasteiger partial charge in [-0.1, -0.05) is 12.1 Å². The van der Waals surface area contributed by atoms with Crippen LogP contribution in [-0.2, 0) is 31.2 Å². The van der Waals surface area contributed by atoms with E-state index in [0.717, 1.165) is 6.26 Å². The third kappa shape index (κ3) is 6.10. The molecular weight excluding hydrogens is 332 g/mol. The molecule has 10 heteroatoms. The maximum Gasteiger partial charge on any atom is 0.320 e. The quantitative estimate of drug-likeness (QED) is 0.563. The van der Waals surface area contributed by atoms with E-state index < -0.39 is 37.6 Å². The minimum absolute atomic E-state index is 0.0192. The Morgan fingerprint density at radius 1 is 1.23 bits per heavy atom. The van der Waals surface area contributed by atoms with Crippen LogP contribution in [0.3, 0.4) is 0 Å². The standard InChI is InChI=1S/C12H18N2O6S2/c1-21(17,18)10-4-2-9(3-5-10)8-14-22(19,20)7-6-11(13)12(15)16/h2-5,11,14H,6-8,13H2,1H3,(H,15,16). The molecule has 4 N–H and O–H groups in total. The average molecular weight is 350 g/mol.